The Bertz CT molecular complexity index is 435. The highest BCUT2D eigenvalue weighted by Gasteiger charge is 2.40. The molecule has 1 heterocycles. The van der Waals surface area contributed by atoms with E-state index in [1.54, 1.807) is 0 Å². The Hall–Kier alpha value is -1.57. The fourth-order valence-electron chi connectivity index (χ4n) is 3.01. The number of allylic oxidation sites excluding steroid dienone is 2. The zero-order chi connectivity index (χ0) is 11.7. The average molecular weight is 228 g/mol. The molecule has 0 aromatic heterocycles. The molecule has 2 aliphatic rings. The van der Waals surface area contributed by atoms with E-state index in [0.29, 0.717) is 18.4 Å². The normalized spacial score (nSPS) is 31.8. The third kappa shape index (κ3) is 1.88. The third-order valence-electron chi connectivity index (χ3n) is 3.86. The van der Waals surface area contributed by atoms with Crippen molar-refractivity contribution in [3.8, 4) is 0 Å². The lowest BCUT2D eigenvalue weighted by molar-refractivity contribution is -0.156. The van der Waals surface area contributed by atoms with Gasteiger partial charge >= 0.3 is 5.97 Å². The Balaban J connectivity index is 1.94. The summed E-state index contributed by atoms with van der Waals surface area (Å²) in [6.07, 6.45) is 6.33. The number of benzene rings is 1. The van der Waals surface area contributed by atoms with Gasteiger partial charge in [-0.15, -0.1) is 0 Å². The fraction of sp³-hybridized carbons (Fsp3) is 0.400. The standard InChI is InChI=1S/C15H16O2/c16-15-14-12(9-10-17-15)7-4-8-13(14)11-5-2-1-3-6-11/h1-7,12-14H,8-10H2/t12-,13-,14-/m1/s1. The van der Waals surface area contributed by atoms with Gasteiger partial charge in [0.1, 0.15) is 0 Å². The van der Waals surface area contributed by atoms with E-state index in [4.69, 9.17) is 4.74 Å². The highest BCUT2D eigenvalue weighted by atomic mass is 16.5. The lowest BCUT2D eigenvalue weighted by Crippen LogP contribution is -2.37. The minimum atomic E-state index is -0.0144. The summed E-state index contributed by atoms with van der Waals surface area (Å²) in [5, 5.41) is 0. The van der Waals surface area contributed by atoms with Crippen LogP contribution in [0.1, 0.15) is 24.3 Å². The lowest BCUT2D eigenvalue weighted by atomic mass is 9.71. The van der Waals surface area contributed by atoms with Crippen LogP contribution in [-0.4, -0.2) is 12.6 Å². The first kappa shape index (κ1) is 10.6. The lowest BCUT2D eigenvalue weighted by Gasteiger charge is -2.36. The van der Waals surface area contributed by atoms with Crippen molar-refractivity contribution in [2.45, 2.75) is 18.8 Å². The fourth-order valence-corrected chi connectivity index (χ4v) is 3.01. The minimum Gasteiger partial charge on any atom is -0.465 e. The number of cyclic esters (lactones) is 1. The summed E-state index contributed by atoms with van der Waals surface area (Å²) in [6.45, 7) is 0.575. The Morgan fingerprint density at radius 1 is 1.18 bits per heavy atom. The van der Waals surface area contributed by atoms with E-state index >= 15 is 0 Å². The second kappa shape index (κ2) is 4.36. The van der Waals surface area contributed by atoms with Crippen molar-refractivity contribution in [3.05, 3.63) is 48.0 Å². The Morgan fingerprint density at radius 2 is 2.00 bits per heavy atom. The van der Waals surface area contributed by atoms with E-state index < -0.39 is 0 Å². The maximum Gasteiger partial charge on any atom is 0.310 e. The summed E-state index contributed by atoms with van der Waals surface area (Å²) < 4.78 is 5.23. The van der Waals surface area contributed by atoms with Crippen LogP contribution < -0.4 is 0 Å². The van der Waals surface area contributed by atoms with Gasteiger partial charge in [-0.3, -0.25) is 4.79 Å². The molecular weight excluding hydrogens is 212 g/mol. The number of esters is 1. The van der Waals surface area contributed by atoms with Gasteiger partial charge < -0.3 is 4.74 Å². The van der Waals surface area contributed by atoms with Crippen LogP contribution in [0.15, 0.2) is 42.5 Å². The Kier molecular flexibility index (Phi) is 2.71. The largest absolute Gasteiger partial charge is 0.465 e. The van der Waals surface area contributed by atoms with Crippen LogP contribution in [0.5, 0.6) is 0 Å². The van der Waals surface area contributed by atoms with Crippen molar-refractivity contribution in [2.24, 2.45) is 11.8 Å². The first-order chi connectivity index (χ1) is 8.36. The molecule has 2 heteroatoms. The Labute approximate surface area is 101 Å². The third-order valence-corrected chi connectivity index (χ3v) is 3.86. The summed E-state index contributed by atoms with van der Waals surface area (Å²) in [6, 6.07) is 10.3. The number of hydrogen-bond donors (Lipinski definition) is 0. The van der Waals surface area contributed by atoms with Crippen molar-refractivity contribution < 1.29 is 9.53 Å². The number of fused-ring (bicyclic) bond motifs is 1. The van der Waals surface area contributed by atoms with Crippen LogP contribution in [0, 0.1) is 11.8 Å². The molecule has 1 fully saturated rings. The number of ether oxygens (including phenoxy) is 1. The van der Waals surface area contributed by atoms with Crippen LogP contribution in [0.4, 0.5) is 0 Å². The van der Waals surface area contributed by atoms with E-state index in [9.17, 15) is 4.79 Å². The molecule has 1 saturated heterocycles. The van der Waals surface area contributed by atoms with Crippen molar-refractivity contribution in [2.75, 3.05) is 6.61 Å². The molecule has 2 nitrogen and oxygen atoms in total. The smallest absolute Gasteiger partial charge is 0.310 e. The van der Waals surface area contributed by atoms with Crippen LogP contribution in [0.25, 0.3) is 0 Å². The van der Waals surface area contributed by atoms with E-state index in [1.165, 1.54) is 5.56 Å². The number of rotatable bonds is 1. The molecule has 0 radical (unpaired) electrons. The highest BCUT2D eigenvalue weighted by molar-refractivity contribution is 5.75. The summed E-state index contributed by atoms with van der Waals surface area (Å²) in [5.41, 5.74) is 1.26. The molecular formula is C15H16O2. The summed E-state index contributed by atoms with van der Waals surface area (Å²) in [4.78, 5) is 12.0. The van der Waals surface area contributed by atoms with Gasteiger partial charge in [0.25, 0.3) is 0 Å². The van der Waals surface area contributed by atoms with Gasteiger partial charge in [0.05, 0.1) is 12.5 Å². The number of hydrogen-bond acceptors (Lipinski definition) is 2. The predicted molar refractivity (Wildman–Crippen MR) is 65.5 cm³/mol. The van der Waals surface area contributed by atoms with Gasteiger partial charge in [0.2, 0.25) is 0 Å². The minimum absolute atomic E-state index is 0.0144. The quantitative estimate of drug-likeness (QED) is 0.545. The average Bonchev–Trinajstić information content (AvgIpc) is 2.39. The topological polar surface area (TPSA) is 26.3 Å². The van der Waals surface area contributed by atoms with Crippen molar-refractivity contribution in [1.82, 2.24) is 0 Å². The number of carbonyl (C=O) groups excluding carboxylic acids is 1. The molecule has 1 aliphatic carbocycles. The second-order valence-corrected chi connectivity index (χ2v) is 4.83. The molecule has 0 unspecified atom stereocenters. The number of carbonyl (C=O) groups is 1. The SMILES string of the molecule is O=C1OCC[C@H]2C=CC[C@H](c3ccccc3)[C@H]12. The van der Waals surface area contributed by atoms with Crippen LogP contribution >= 0.6 is 0 Å². The predicted octanol–water partition coefficient (Wildman–Crippen LogP) is 2.91. The summed E-state index contributed by atoms with van der Waals surface area (Å²) in [7, 11) is 0. The molecule has 0 spiro atoms. The van der Waals surface area contributed by atoms with Gasteiger partial charge in [0, 0.05) is 5.92 Å². The zero-order valence-corrected chi connectivity index (χ0v) is 9.71. The molecule has 1 aliphatic heterocycles. The maximum atomic E-state index is 12.0. The second-order valence-electron chi connectivity index (χ2n) is 4.83. The van der Waals surface area contributed by atoms with Crippen molar-refractivity contribution in [3.63, 3.8) is 0 Å². The molecule has 3 rings (SSSR count). The van der Waals surface area contributed by atoms with E-state index in [1.807, 2.05) is 18.2 Å². The van der Waals surface area contributed by atoms with Crippen LogP contribution in [-0.2, 0) is 9.53 Å². The molecule has 3 atom stereocenters. The first-order valence-electron chi connectivity index (χ1n) is 6.24. The summed E-state index contributed by atoms with van der Waals surface area (Å²) in [5.74, 6) is 0.671. The van der Waals surface area contributed by atoms with Gasteiger partial charge in [-0.25, -0.2) is 0 Å². The Morgan fingerprint density at radius 3 is 2.82 bits per heavy atom. The van der Waals surface area contributed by atoms with Gasteiger partial charge in [-0.1, -0.05) is 42.5 Å². The molecule has 1 aromatic carbocycles. The van der Waals surface area contributed by atoms with Crippen LogP contribution in [0.2, 0.25) is 0 Å². The molecule has 0 N–H and O–H groups in total. The van der Waals surface area contributed by atoms with Gasteiger partial charge in [-0.05, 0) is 24.3 Å². The van der Waals surface area contributed by atoms with E-state index in [-0.39, 0.29) is 11.9 Å². The molecule has 88 valence electrons. The van der Waals surface area contributed by atoms with E-state index in [0.717, 1.165) is 12.8 Å². The monoisotopic (exact) mass is 228 g/mol. The molecule has 0 amide bonds. The van der Waals surface area contributed by atoms with Crippen molar-refractivity contribution in [1.29, 1.82) is 0 Å². The van der Waals surface area contributed by atoms with Gasteiger partial charge in [0.15, 0.2) is 0 Å². The molecule has 17 heavy (non-hydrogen) atoms. The highest BCUT2D eigenvalue weighted by Crippen LogP contribution is 2.41. The first-order valence-corrected chi connectivity index (χ1v) is 6.24. The zero-order valence-electron chi connectivity index (χ0n) is 9.71. The van der Waals surface area contributed by atoms with Crippen molar-refractivity contribution >= 4 is 5.97 Å². The molecule has 0 bridgehead atoms. The van der Waals surface area contributed by atoms with Gasteiger partial charge in [-0.2, -0.15) is 0 Å². The maximum absolute atomic E-state index is 12.0. The molecule has 0 saturated carbocycles. The summed E-state index contributed by atoms with van der Waals surface area (Å²) >= 11 is 0. The molecule has 1 aromatic rings. The van der Waals surface area contributed by atoms with Crippen LogP contribution in [0.3, 0.4) is 0 Å². The van der Waals surface area contributed by atoms with E-state index in [2.05, 4.69) is 24.3 Å².